The van der Waals surface area contributed by atoms with Crippen molar-refractivity contribution in [1.29, 1.82) is 0 Å². The fourth-order valence-corrected chi connectivity index (χ4v) is 7.16. The highest BCUT2D eigenvalue weighted by Gasteiger charge is 2.47. The molecule has 2 aromatic heterocycles. The molecule has 0 N–H and O–H groups in total. The molecular weight excluding hydrogens is 771 g/mol. The maximum absolute atomic E-state index is 12.8. The minimum Gasteiger partial charge on any atom is -1.00 e. The van der Waals surface area contributed by atoms with Crippen molar-refractivity contribution in [2.75, 3.05) is 49.2 Å². The monoisotopic (exact) mass is 812 g/mol. The van der Waals surface area contributed by atoms with Gasteiger partial charge in [-0.15, -0.1) is 4.68 Å². The molecule has 292 valence electrons. The summed E-state index contributed by atoms with van der Waals surface area (Å²) in [5, 5.41) is 9.59. The number of benzene rings is 3. The molecule has 2 aliphatic rings. The molecule has 3 unspecified atom stereocenters. The van der Waals surface area contributed by atoms with Gasteiger partial charge in [0, 0.05) is 60.2 Å². The molecule has 7 rings (SSSR count). The number of carbonyl (C=O) groups excluding carboxylic acids is 1. The number of nitrogens with zero attached hydrogens (tertiary/aromatic N) is 8. The van der Waals surface area contributed by atoms with Crippen LogP contribution in [0.3, 0.4) is 0 Å². The van der Waals surface area contributed by atoms with E-state index in [0.29, 0.717) is 15.6 Å². The number of piperazine rings is 1. The summed E-state index contributed by atoms with van der Waals surface area (Å²) in [6, 6.07) is 21.4. The number of aromatic nitrogens is 6. The highest BCUT2D eigenvalue weighted by molar-refractivity contribution is 6.35. The number of rotatable bonds is 13. The van der Waals surface area contributed by atoms with Crippen LogP contribution in [-0.2, 0) is 38.1 Å². The molecule has 3 aromatic carbocycles. The fourth-order valence-electron chi connectivity index (χ4n) is 6.60. The van der Waals surface area contributed by atoms with Crippen molar-refractivity contribution < 1.29 is 40.7 Å². The fraction of sp³-hybridized carbons (Fsp3) is 0.395. The van der Waals surface area contributed by atoms with Gasteiger partial charge in [-0.1, -0.05) is 36.2 Å². The lowest BCUT2D eigenvalue weighted by Crippen LogP contribution is -3.00. The van der Waals surface area contributed by atoms with Crippen LogP contribution in [0, 0.1) is 0 Å². The summed E-state index contributed by atoms with van der Waals surface area (Å²) >= 11 is 12.9. The van der Waals surface area contributed by atoms with E-state index in [9.17, 15) is 9.59 Å². The molecule has 2 aliphatic heterocycles. The van der Waals surface area contributed by atoms with E-state index in [1.54, 1.807) is 51.0 Å². The molecule has 3 atom stereocenters. The van der Waals surface area contributed by atoms with Crippen LogP contribution in [0.5, 0.6) is 5.75 Å². The summed E-state index contributed by atoms with van der Waals surface area (Å²) in [5.74, 6) is -0.929. The quantitative estimate of drug-likeness (QED) is 0.129. The molecule has 17 heteroatoms. The first-order valence-electron chi connectivity index (χ1n) is 17.9. The van der Waals surface area contributed by atoms with E-state index in [1.165, 1.54) is 11.6 Å². The number of hydrogen-bond donors (Lipinski definition) is 0. The lowest BCUT2D eigenvalue weighted by molar-refractivity contribution is -0.728. The molecule has 55 heavy (non-hydrogen) atoms. The Kier molecular flexibility index (Phi) is 12.7. The van der Waals surface area contributed by atoms with Crippen molar-refractivity contribution in [3.8, 4) is 11.4 Å². The highest BCUT2D eigenvalue weighted by Crippen LogP contribution is 2.40. The second-order valence-electron chi connectivity index (χ2n) is 13.4. The van der Waals surface area contributed by atoms with Crippen LogP contribution in [0.15, 0.2) is 90.5 Å². The van der Waals surface area contributed by atoms with E-state index in [4.69, 9.17) is 42.1 Å². The number of hydrogen-bond acceptors (Lipinski definition) is 10. The van der Waals surface area contributed by atoms with E-state index in [-0.39, 0.29) is 56.6 Å². The smallest absolute Gasteiger partial charge is 0.350 e. The maximum atomic E-state index is 12.8. The Morgan fingerprint density at radius 1 is 0.982 bits per heavy atom. The Hall–Kier alpha value is -4.60. The van der Waals surface area contributed by atoms with Gasteiger partial charge in [0.05, 0.1) is 23.4 Å². The Morgan fingerprint density at radius 3 is 2.27 bits per heavy atom. The van der Waals surface area contributed by atoms with Gasteiger partial charge in [-0.05, 0) is 74.0 Å². The van der Waals surface area contributed by atoms with E-state index in [0.717, 1.165) is 55.4 Å². The number of halogens is 3. The summed E-state index contributed by atoms with van der Waals surface area (Å²) in [6.07, 6.45) is 5.28. The normalized spacial score (nSPS) is 18.9. The number of ether oxygens (including phenoxy) is 4. The van der Waals surface area contributed by atoms with Crippen molar-refractivity contribution in [1.82, 2.24) is 24.1 Å². The van der Waals surface area contributed by atoms with Crippen LogP contribution in [0.25, 0.3) is 5.69 Å². The number of anilines is 2. The molecule has 0 spiro atoms. The third kappa shape index (κ3) is 9.11. The van der Waals surface area contributed by atoms with Gasteiger partial charge in [-0.2, -0.15) is 5.10 Å². The SMILES string of the molecule is CCC(C)n1ncn(-c2ccc(N3CCN(c4ccc(OCC5COC(Cn6c[n+](COC(C)=O)cn6)(c6ccc(Cl)cc6Cl)O5)cc4)CC3)cc2)c1=O.[Cl-]. The molecule has 0 saturated carbocycles. The van der Waals surface area contributed by atoms with Gasteiger partial charge in [0.15, 0.2) is 6.54 Å². The molecule has 2 fully saturated rings. The van der Waals surface area contributed by atoms with E-state index < -0.39 is 11.9 Å². The molecule has 2 saturated heterocycles. The lowest BCUT2D eigenvalue weighted by atomic mass is 10.1. The average molecular weight is 814 g/mol. The van der Waals surface area contributed by atoms with Gasteiger partial charge in [-0.25, -0.2) is 18.6 Å². The largest absolute Gasteiger partial charge is 1.00 e. The van der Waals surface area contributed by atoms with Gasteiger partial charge in [0.2, 0.25) is 18.8 Å². The number of carbonyl (C=O) groups is 1. The predicted octanol–water partition coefficient (Wildman–Crippen LogP) is 1.99. The third-order valence-corrected chi connectivity index (χ3v) is 10.3. The summed E-state index contributed by atoms with van der Waals surface area (Å²) < 4.78 is 30.5. The zero-order valence-electron chi connectivity index (χ0n) is 30.8. The standard InChI is InChI=1S/C38H43Cl2N8O6.ClH/c1-4-27(2)48-37(50)47(24-42-48)32-8-6-30(7-9-32)44-15-17-45(18-16-44)31-10-12-33(13-11-31)51-20-34-21-53-38(54-34,35-14-5-29(39)19-36(35)40)22-46-25-43(23-41-46)26-52-28(3)49;/h5-14,19,23-25,27,34H,4,15-18,20-22,26H2,1-3H3;1H/q+1;/p-1. The second-order valence-corrected chi connectivity index (χ2v) is 14.3. The Morgan fingerprint density at radius 2 is 1.64 bits per heavy atom. The zero-order chi connectivity index (χ0) is 37.8. The molecule has 4 heterocycles. The summed E-state index contributed by atoms with van der Waals surface area (Å²) in [7, 11) is 0. The van der Waals surface area contributed by atoms with Crippen molar-refractivity contribution in [3.63, 3.8) is 0 Å². The van der Waals surface area contributed by atoms with E-state index in [2.05, 4.69) is 44.3 Å². The molecule has 0 bridgehead atoms. The van der Waals surface area contributed by atoms with Crippen LogP contribution in [0.2, 0.25) is 10.0 Å². The van der Waals surface area contributed by atoms with Crippen molar-refractivity contribution in [2.45, 2.75) is 58.4 Å². The van der Waals surface area contributed by atoms with E-state index >= 15 is 0 Å². The van der Waals surface area contributed by atoms with Crippen LogP contribution < -0.4 is 37.2 Å². The highest BCUT2D eigenvalue weighted by atomic mass is 35.5. The summed E-state index contributed by atoms with van der Waals surface area (Å²) in [4.78, 5) is 28.8. The number of esters is 1. The average Bonchev–Trinajstić information content (AvgIpc) is 3.92. The molecule has 0 aliphatic carbocycles. The summed E-state index contributed by atoms with van der Waals surface area (Å²) in [5.41, 5.74) is 3.54. The first-order valence-corrected chi connectivity index (χ1v) is 18.7. The predicted molar refractivity (Wildman–Crippen MR) is 202 cm³/mol. The van der Waals surface area contributed by atoms with Crippen molar-refractivity contribution in [3.05, 3.63) is 112 Å². The Balaban J connectivity index is 0.00000514. The Labute approximate surface area is 335 Å². The minimum atomic E-state index is -1.26. The molecule has 0 amide bonds. The van der Waals surface area contributed by atoms with Crippen molar-refractivity contribution >= 4 is 40.5 Å². The Bertz CT molecular complexity index is 2120. The minimum absolute atomic E-state index is 0. The second kappa shape index (κ2) is 17.5. The van der Waals surface area contributed by atoms with Crippen LogP contribution in [0.4, 0.5) is 11.4 Å². The summed E-state index contributed by atoms with van der Waals surface area (Å²) in [6.45, 7) is 9.58. The van der Waals surface area contributed by atoms with Crippen LogP contribution in [0.1, 0.15) is 38.8 Å². The van der Waals surface area contributed by atoms with Crippen molar-refractivity contribution in [2.24, 2.45) is 0 Å². The zero-order valence-corrected chi connectivity index (χ0v) is 33.0. The van der Waals surface area contributed by atoms with Crippen LogP contribution >= 0.6 is 23.2 Å². The molecular formula is C38H43Cl3N8O6. The third-order valence-electron chi connectivity index (χ3n) is 9.73. The van der Waals surface area contributed by atoms with Gasteiger partial charge >= 0.3 is 11.7 Å². The molecule has 5 aromatic rings. The van der Waals surface area contributed by atoms with Gasteiger partial charge in [0.1, 0.15) is 24.8 Å². The van der Waals surface area contributed by atoms with Gasteiger partial charge in [0.25, 0.3) is 6.33 Å². The lowest BCUT2D eigenvalue weighted by Gasteiger charge is -2.37. The topological polar surface area (TPSA) is 122 Å². The van der Waals surface area contributed by atoms with Crippen LogP contribution in [-0.4, -0.2) is 75.6 Å². The molecule has 14 nitrogen and oxygen atoms in total. The first-order chi connectivity index (χ1) is 26.1. The van der Waals surface area contributed by atoms with Gasteiger partial charge < -0.3 is 41.2 Å². The van der Waals surface area contributed by atoms with Gasteiger partial charge in [-0.3, -0.25) is 4.79 Å². The molecule has 0 radical (unpaired) electrons. The first kappa shape index (κ1) is 40.1. The van der Waals surface area contributed by atoms with E-state index in [1.807, 2.05) is 38.1 Å². The maximum Gasteiger partial charge on any atom is 0.350 e.